The zero-order valence-corrected chi connectivity index (χ0v) is 12.6. The smallest absolute Gasteiger partial charge is 0.311 e. The van der Waals surface area contributed by atoms with E-state index in [0.29, 0.717) is 11.3 Å². The van der Waals surface area contributed by atoms with Crippen LogP contribution in [0.1, 0.15) is 17.9 Å². The third-order valence-electron chi connectivity index (χ3n) is 3.54. The molecule has 1 unspecified atom stereocenters. The molecule has 0 saturated carbocycles. The molecule has 1 atom stereocenters. The van der Waals surface area contributed by atoms with Crippen molar-refractivity contribution in [3.8, 4) is 0 Å². The van der Waals surface area contributed by atoms with Gasteiger partial charge in [0.1, 0.15) is 4.21 Å². The van der Waals surface area contributed by atoms with Gasteiger partial charge >= 0.3 is 5.97 Å². The summed E-state index contributed by atoms with van der Waals surface area (Å²) in [5.41, 5.74) is 1.01. The molecule has 2 heterocycles. The first kappa shape index (κ1) is 14.1. The molecule has 1 aliphatic rings. The molecular formula is C14H13NO4S2. The largest absolute Gasteiger partial charge is 0.481 e. The van der Waals surface area contributed by atoms with Crippen LogP contribution in [0.4, 0.5) is 5.69 Å². The number of aliphatic carboxylic acids is 1. The van der Waals surface area contributed by atoms with Gasteiger partial charge in [0.2, 0.25) is 0 Å². The lowest BCUT2D eigenvalue weighted by atomic mass is 9.91. The van der Waals surface area contributed by atoms with Gasteiger partial charge < -0.3 is 5.11 Å². The second kappa shape index (κ2) is 5.16. The topological polar surface area (TPSA) is 74.7 Å². The van der Waals surface area contributed by atoms with Crippen LogP contribution in [-0.4, -0.2) is 26.0 Å². The second-order valence-electron chi connectivity index (χ2n) is 4.75. The van der Waals surface area contributed by atoms with Gasteiger partial charge in [-0.05, 0) is 29.5 Å². The van der Waals surface area contributed by atoms with E-state index in [1.165, 1.54) is 4.31 Å². The first-order valence-corrected chi connectivity index (χ1v) is 8.72. The van der Waals surface area contributed by atoms with Crippen LogP contribution in [0.15, 0.2) is 46.0 Å². The van der Waals surface area contributed by atoms with Gasteiger partial charge in [-0.1, -0.05) is 24.3 Å². The molecule has 2 aromatic rings. The number of carboxylic acids is 1. The molecule has 0 saturated heterocycles. The molecule has 0 amide bonds. The minimum absolute atomic E-state index is 0.175. The quantitative estimate of drug-likeness (QED) is 0.942. The molecule has 1 aromatic heterocycles. The van der Waals surface area contributed by atoms with E-state index in [1.807, 2.05) is 0 Å². The number of hydrogen-bond acceptors (Lipinski definition) is 4. The molecule has 0 fully saturated rings. The molecule has 0 bridgehead atoms. The van der Waals surface area contributed by atoms with Crippen molar-refractivity contribution in [2.75, 3.05) is 10.8 Å². The Morgan fingerprint density at radius 2 is 2.00 bits per heavy atom. The molecule has 7 heteroatoms. The molecule has 5 nitrogen and oxygen atoms in total. The fraction of sp³-hybridized carbons (Fsp3) is 0.214. The van der Waals surface area contributed by atoms with Crippen LogP contribution in [0.25, 0.3) is 0 Å². The van der Waals surface area contributed by atoms with Crippen LogP contribution in [0.3, 0.4) is 0 Å². The maximum atomic E-state index is 12.7. The Kier molecular flexibility index (Phi) is 3.46. The summed E-state index contributed by atoms with van der Waals surface area (Å²) in [4.78, 5) is 11.3. The van der Waals surface area contributed by atoms with E-state index in [0.717, 1.165) is 11.3 Å². The van der Waals surface area contributed by atoms with Crippen molar-refractivity contribution < 1.29 is 18.3 Å². The Morgan fingerprint density at radius 1 is 1.24 bits per heavy atom. The molecule has 1 aromatic carbocycles. The highest BCUT2D eigenvalue weighted by Crippen LogP contribution is 2.38. The summed E-state index contributed by atoms with van der Waals surface area (Å²) in [7, 11) is -3.62. The fourth-order valence-corrected chi connectivity index (χ4v) is 5.17. The molecule has 110 valence electrons. The number of nitrogens with zero attached hydrogens (tertiary/aromatic N) is 1. The summed E-state index contributed by atoms with van der Waals surface area (Å²) in [6.45, 7) is 0.175. The van der Waals surface area contributed by atoms with E-state index in [1.54, 1.807) is 41.8 Å². The highest BCUT2D eigenvalue weighted by molar-refractivity contribution is 7.94. The average molecular weight is 323 g/mol. The number of para-hydroxylation sites is 1. The number of hydrogen-bond donors (Lipinski definition) is 1. The first-order valence-electron chi connectivity index (χ1n) is 6.40. The van der Waals surface area contributed by atoms with Gasteiger partial charge in [-0.2, -0.15) is 0 Å². The summed E-state index contributed by atoms with van der Waals surface area (Å²) in [6.07, 6.45) is 0.275. The molecule has 3 rings (SSSR count). The van der Waals surface area contributed by atoms with E-state index in [4.69, 9.17) is 0 Å². The lowest BCUT2D eigenvalue weighted by Gasteiger charge is -2.32. The summed E-state index contributed by atoms with van der Waals surface area (Å²) < 4.78 is 26.9. The number of carbonyl (C=O) groups is 1. The number of rotatable bonds is 3. The third kappa shape index (κ3) is 2.32. The minimum atomic E-state index is -3.62. The number of anilines is 1. The van der Waals surface area contributed by atoms with Crippen LogP contribution in [0.2, 0.25) is 0 Å². The summed E-state index contributed by atoms with van der Waals surface area (Å²) in [6, 6.07) is 10.1. The van der Waals surface area contributed by atoms with E-state index >= 15 is 0 Å². The maximum absolute atomic E-state index is 12.7. The fourth-order valence-electron chi connectivity index (χ4n) is 2.56. The predicted octanol–water partition coefficient (Wildman–Crippen LogP) is 2.52. The van der Waals surface area contributed by atoms with Crippen molar-refractivity contribution in [3.05, 3.63) is 47.3 Å². The SMILES string of the molecule is O=C(O)C1CCN(S(=O)(=O)c2cccs2)c2ccccc21. The molecular weight excluding hydrogens is 310 g/mol. The zero-order valence-electron chi connectivity index (χ0n) is 11.0. The van der Waals surface area contributed by atoms with Gasteiger partial charge in [0.15, 0.2) is 0 Å². The van der Waals surface area contributed by atoms with Crippen LogP contribution in [-0.2, 0) is 14.8 Å². The van der Waals surface area contributed by atoms with Crippen molar-refractivity contribution in [2.45, 2.75) is 16.5 Å². The Labute approximate surface area is 126 Å². The Balaban J connectivity index is 2.10. The maximum Gasteiger partial charge on any atom is 0.311 e. The molecule has 21 heavy (non-hydrogen) atoms. The highest BCUT2D eigenvalue weighted by Gasteiger charge is 2.35. The number of benzene rings is 1. The van der Waals surface area contributed by atoms with Gasteiger partial charge in [0.05, 0.1) is 11.6 Å². The van der Waals surface area contributed by atoms with Crippen LogP contribution in [0, 0.1) is 0 Å². The normalized spacial score (nSPS) is 18.3. The van der Waals surface area contributed by atoms with E-state index in [-0.39, 0.29) is 17.2 Å². The van der Waals surface area contributed by atoms with Gasteiger partial charge in [0.25, 0.3) is 10.0 Å². The summed E-state index contributed by atoms with van der Waals surface area (Å²) >= 11 is 1.16. The van der Waals surface area contributed by atoms with Crippen LogP contribution in [0.5, 0.6) is 0 Å². The lowest BCUT2D eigenvalue weighted by Crippen LogP contribution is -2.37. The van der Waals surface area contributed by atoms with E-state index in [9.17, 15) is 18.3 Å². The summed E-state index contributed by atoms with van der Waals surface area (Å²) in [5.74, 6) is -1.58. The minimum Gasteiger partial charge on any atom is -0.481 e. The third-order valence-corrected chi connectivity index (χ3v) is 6.73. The molecule has 1 N–H and O–H groups in total. The number of fused-ring (bicyclic) bond motifs is 1. The van der Waals surface area contributed by atoms with Crippen LogP contribution >= 0.6 is 11.3 Å². The first-order chi connectivity index (χ1) is 10.0. The standard InChI is InChI=1S/C14H13NO4S2/c16-14(17)11-7-8-15(12-5-2-1-4-10(11)12)21(18,19)13-6-3-9-20-13/h1-6,9,11H,7-8H2,(H,16,17). The monoisotopic (exact) mass is 323 g/mol. The van der Waals surface area contributed by atoms with Crippen molar-refractivity contribution in [1.29, 1.82) is 0 Å². The number of sulfonamides is 1. The van der Waals surface area contributed by atoms with Crippen molar-refractivity contribution >= 4 is 33.0 Å². The lowest BCUT2D eigenvalue weighted by molar-refractivity contribution is -0.139. The summed E-state index contributed by atoms with van der Waals surface area (Å²) in [5, 5.41) is 11.0. The molecule has 0 spiro atoms. The predicted molar refractivity (Wildman–Crippen MR) is 80.3 cm³/mol. The molecule has 0 aliphatic carbocycles. The number of thiophene rings is 1. The molecule has 1 aliphatic heterocycles. The van der Waals surface area contributed by atoms with Crippen LogP contribution < -0.4 is 4.31 Å². The van der Waals surface area contributed by atoms with Crippen molar-refractivity contribution in [2.24, 2.45) is 0 Å². The average Bonchev–Trinajstić information content (AvgIpc) is 3.00. The van der Waals surface area contributed by atoms with E-state index in [2.05, 4.69) is 0 Å². The second-order valence-corrected chi connectivity index (χ2v) is 7.78. The Bertz CT molecular complexity index is 768. The Morgan fingerprint density at radius 3 is 2.67 bits per heavy atom. The molecule has 0 radical (unpaired) electrons. The Hall–Kier alpha value is -1.86. The van der Waals surface area contributed by atoms with Gasteiger partial charge in [-0.25, -0.2) is 8.42 Å². The zero-order chi connectivity index (χ0) is 15.0. The highest BCUT2D eigenvalue weighted by atomic mass is 32.2. The van der Waals surface area contributed by atoms with Crippen molar-refractivity contribution in [1.82, 2.24) is 0 Å². The number of carboxylic acid groups (broad SMARTS) is 1. The van der Waals surface area contributed by atoms with E-state index < -0.39 is 21.9 Å². The van der Waals surface area contributed by atoms with Gasteiger partial charge in [0, 0.05) is 6.54 Å². The van der Waals surface area contributed by atoms with Crippen molar-refractivity contribution in [3.63, 3.8) is 0 Å². The van der Waals surface area contributed by atoms with Gasteiger partial charge in [-0.3, -0.25) is 9.10 Å². The van der Waals surface area contributed by atoms with Gasteiger partial charge in [-0.15, -0.1) is 11.3 Å².